The molecular formula is C19H14ClF2NO3. The predicted octanol–water partition coefficient (Wildman–Crippen LogP) is 4.28. The lowest BCUT2D eigenvalue weighted by atomic mass is 10.1. The first kappa shape index (κ1) is 18.1. The van der Waals surface area contributed by atoms with Crippen molar-refractivity contribution < 1.29 is 23.1 Å². The summed E-state index contributed by atoms with van der Waals surface area (Å²) < 4.78 is 32.1. The topological polar surface area (TPSA) is 46.6 Å². The second-order valence-corrected chi connectivity index (χ2v) is 5.98. The van der Waals surface area contributed by atoms with Gasteiger partial charge in [-0.15, -0.1) is 0 Å². The number of ether oxygens (including phenoxy) is 1. The van der Waals surface area contributed by atoms with Crippen LogP contribution >= 0.6 is 11.6 Å². The Kier molecular flexibility index (Phi) is 5.04. The normalized spacial score (nSPS) is 14.4. The van der Waals surface area contributed by atoms with Gasteiger partial charge in [0.2, 0.25) is 0 Å². The summed E-state index contributed by atoms with van der Waals surface area (Å²) in [5, 5.41) is -0.276. The van der Waals surface area contributed by atoms with Gasteiger partial charge in [-0.05, 0) is 36.2 Å². The number of benzene rings is 2. The van der Waals surface area contributed by atoms with Gasteiger partial charge in [-0.3, -0.25) is 9.59 Å². The zero-order valence-corrected chi connectivity index (χ0v) is 14.5. The largest absolute Gasteiger partial charge is 0.494 e. The second kappa shape index (κ2) is 7.25. The summed E-state index contributed by atoms with van der Waals surface area (Å²) >= 11 is 6.07. The van der Waals surface area contributed by atoms with Crippen LogP contribution in [0, 0.1) is 11.6 Å². The second-order valence-electron chi connectivity index (χ2n) is 5.61. The van der Waals surface area contributed by atoms with Crippen molar-refractivity contribution in [2.24, 2.45) is 0 Å². The third-order valence-electron chi connectivity index (χ3n) is 3.80. The van der Waals surface area contributed by atoms with E-state index in [1.54, 1.807) is 24.3 Å². The number of hydrogen-bond acceptors (Lipinski definition) is 3. The number of anilines is 1. The van der Waals surface area contributed by atoms with Gasteiger partial charge in [0.1, 0.15) is 10.8 Å². The van der Waals surface area contributed by atoms with E-state index in [1.165, 1.54) is 0 Å². The molecule has 0 atom stereocenters. The summed E-state index contributed by atoms with van der Waals surface area (Å²) in [6, 6.07) is 9.32. The molecule has 0 saturated heterocycles. The Morgan fingerprint density at radius 1 is 1.00 bits per heavy atom. The van der Waals surface area contributed by atoms with Crippen LogP contribution in [0.1, 0.15) is 18.9 Å². The Balaban J connectivity index is 1.92. The molecule has 0 spiro atoms. The maximum absolute atomic E-state index is 13.5. The fraction of sp³-hybridized carbons (Fsp3) is 0.158. The van der Waals surface area contributed by atoms with Crippen LogP contribution in [0.25, 0.3) is 5.57 Å². The molecule has 26 heavy (non-hydrogen) atoms. The van der Waals surface area contributed by atoms with Crippen molar-refractivity contribution in [2.75, 3.05) is 11.5 Å². The molecule has 0 radical (unpaired) electrons. The minimum absolute atomic E-state index is 0.00319. The van der Waals surface area contributed by atoms with Gasteiger partial charge < -0.3 is 4.74 Å². The lowest BCUT2D eigenvalue weighted by Gasteiger charge is -2.15. The average Bonchev–Trinajstić information content (AvgIpc) is 2.85. The van der Waals surface area contributed by atoms with E-state index in [9.17, 15) is 18.4 Å². The molecule has 1 heterocycles. The van der Waals surface area contributed by atoms with E-state index in [1.807, 2.05) is 6.92 Å². The molecule has 0 saturated carbocycles. The molecule has 0 aromatic heterocycles. The maximum Gasteiger partial charge on any atom is 0.277 e. The number of carbonyl (C=O) groups is 2. The molecule has 0 fully saturated rings. The Hall–Kier alpha value is -2.73. The molecule has 4 nitrogen and oxygen atoms in total. The quantitative estimate of drug-likeness (QED) is 0.731. The van der Waals surface area contributed by atoms with Gasteiger partial charge >= 0.3 is 0 Å². The Labute approximate surface area is 153 Å². The monoisotopic (exact) mass is 377 g/mol. The number of rotatable bonds is 5. The number of carbonyl (C=O) groups excluding carboxylic acids is 2. The fourth-order valence-corrected chi connectivity index (χ4v) is 2.82. The highest BCUT2D eigenvalue weighted by atomic mass is 35.5. The molecule has 2 aromatic rings. The third-order valence-corrected chi connectivity index (χ3v) is 4.16. The van der Waals surface area contributed by atoms with Crippen molar-refractivity contribution in [1.82, 2.24) is 0 Å². The van der Waals surface area contributed by atoms with E-state index in [2.05, 4.69) is 0 Å². The van der Waals surface area contributed by atoms with Crippen LogP contribution in [0.2, 0.25) is 0 Å². The Morgan fingerprint density at radius 2 is 1.69 bits per heavy atom. The molecule has 0 unspecified atom stereocenters. The summed E-state index contributed by atoms with van der Waals surface area (Å²) in [4.78, 5) is 25.8. The number of imide groups is 1. The van der Waals surface area contributed by atoms with Crippen LogP contribution in [-0.2, 0) is 9.59 Å². The first-order chi connectivity index (χ1) is 12.4. The van der Waals surface area contributed by atoms with Crippen LogP contribution in [0.5, 0.6) is 5.75 Å². The average molecular weight is 378 g/mol. The SMILES string of the molecule is CCCOc1ccc(C2=C(Cl)C(=O)N(c3ccc(F)c(F)c3)C2=O)cc1. The lowest BCUT2D eigenvalue weighted by Crippen LogP contribution is -2.31. The number of nitrogens with zero attached hydrogens (tertiary/aromatic N) is 1. The summed E-state index contributed by atoms with van der Waals surface area (Å²) in [5.41, 5.74) is 0.348. The molecule has 0 aliphatic carbocycles. The van der Waals surface area contributed by atoms with Gasteiger partial charge in [0, 0.05) is 6.07 Å². The molecule has 1 aliphatic rings. The smallest absolute Gasteiger partial charge is 0.277 e. The fourth-order valence-electron chi connectivity index (χ4n) is 2.55. The van der Waals surface area contributed by atoms with Crippen molar-refractivity contribution in [3.8, 4) is 5.75 Å². The summed E-state index contributed by atoms with van der Waals surface area (Å²) in [7, 11) is 0. The number of hydrogen-bond donors (Lipinski definition) is 0. The van der Waals surface area contributed by atoms with Crippen molar-refractivity contribution in [1.29, 1.82) is 0 Å². The van der Waals surface area contributed by atoms with E-state index < -0.39 is 23.4 Å². The van der Waals surface area contributed by atoms with Crippen LogP contribution < -0.4 is 9.64 Å². The number of halogens is 3. The first-order valence-corrected chi connectivity index (χ1v) is 8.28. The number of amides is 2. The highest BCUT2D eigenvalue weighted by Crippen LogP contribution is 2.35. The molecule has 0 bridgehead atoms. The van der Waals surface area contributed by atoms with Crippen LogP contribution in [0.3, 0.4) is 0 Å². The molecule has 0 N–H and O–H groups in total. The van der Waals surface area contributed by atoms with E-state index in [0.717, 1.165) is 29.5 Å². The van der Waals surface area contributed by atoms with Gasteiger partial charge in [-0.1, -0.05) is 30.7 Å². The van der Waals surface area contributed by atoms with Crippen molar-refractivity contribution in [2.45, 2.75) is 13.3 Å². The van der Waals surface area contributed by atoms with Crippen molar-refractivity contribution in [3.63, 3.8) is 0 Å². The highest BCUT2D eigenvalue weighted by Gasteiger charge is 2.39. The lowest BCUT2D eigenvalue weighted by molar-refractivity contribution is -0.119. The van der Waals surface area contributed by atoms with Gasteiger partial charge in [0.25, 0.3) is 11.8 Å². The highest BCUT2D eigenvalue weighted by molar-refractivity contribution is 6.60. The van der Waals surface area contributed by atoms with Crippen LogP contribution in [0.15, 0.2) is 47.5 Å². The molecule has 7 heteroatoms. The van der Waals surface area contributed by atoms with E-state index in [0.29, 0.717) is 17.9 Å². The summed E-state index contributed by atoms with van der Waals surface area (Å²) in [5.74, 6) is -3.10. The van der Waals surface area contributed by atoms with Crippen LogP contribution in [-0.4, -0.2) is 18.4 Å². The minimum atomic E-state index is -1.16. The summed E-state index contributed by atoms with van der Waals surface area (Å²) in [6.45, 7) is 2.54. The Bertz CT molecular complexity index is 910. The van der Waals surface area contributed by atoms with Gasteiger partial charge in [0.05, 0.1) is 17.9 Å². The zero-order chi connectivity index (χ0) is 18.8. The van der Waals surface area contributed by atoms with Crippen molar-refractivity contribution >= 4 is 34.7 Å². The van der Waals surface area contributed by atoms with E-state index in [4.69, 9.17) is 16.3 Å². The Morgan fingerprint density at radius 3 is 2.31 bits per heavy atom. The van der Waals surface area contributed by atoms with E-state index in [-0.39, 0.29) is 16.3 Å². The van der Waals surface area contributed by atoms with Crippen molar-refractivity contribution in [3.05, 3.63) is 64.7 Å². The van der Waals surface area contributed by atoms with Gasteiger partial charge in [-0.25, -0.2) is 13.7 Å². The maximum atomic E-state index is 13.5. The molecular weight excluding hydrogens is 364 g/mol. The third kappa shape index (κ3) is 3.20. The molecule has 134 valence electrons. The van der Waals surface area contributed by atoms with Crippen LogP contribution in [0.4, 0.5) is 14.5 Å². The van der Waals surface area contributed by atoms with Gasteiger partial charge in [-0.2, -0.15) is 0 Å². The standard InChI is InChI=1S/C19H14ClF2NO3/c1-2-9-26-13-6-3-11(4-7-13)16-17(20)19(25)23(18(16)24)12-5-8-14(21)15(22)10-12/h3-8,10H,2,9H2,1H3. The molecule has 3 rings (SSSR count). The predicted molar refractivity (Wildman–Crippen MR) is 93.9 cm³/mol. The molecule has 2 amide bonds. The molecule has 1 aliphatic heterocycles. The van der Waals surface area contributed by atoms with Gasteiger partial charge in [0.15, 0.2) is 11.6 Å². The minimum Gasteiger partial charge on any atom is -0.494 e. The molecule has 2 aromatic carbocycles. The van der Waals surface area contributed by atoms with E-state index >= 15 is 0 Å². The first-order valence-electron chi connectivity index (χ1n) is 7.91. The zero-order valence-electron chi connectivity index (χ0n) is 13.8. The summed E-state index contributed by atoms with van der Waals surface area (Å²) in [6.07, 6.45) is 0.856.